The van der Waals surface area contributed by atoms with Crippen LogP contribution < -0.4 is 11.1 Å². The number of nitrogens with zero attached hydrogens (tertiary/aromatic N) is 1. The van der Waals surface area contributed by atoms with Gasteiger partial charge < -0.3 is 11.1 Å². The van der Waals surface area contributed by atoms with Gasteiger partial charge in [0.2, 0.25) is 0 Å². The summed E-state index contributed by atoms with van der Waals surface area (Å²) in [6, 6.07) is 2.24. The average Bonchev–Trinajstić information content (AvgIpc) is 2.22. The number of halogens is 3. The summed E-state index contributed by atoms with van der Waals surface area (Å²) in [5.74, 6) is 0.710. The van der Waals surface area contributed by atoms with E-state index in [-0.39, 0.29) is 11.9 Å². The van der Waals surface area contributed by atoms with Crippen molar-refractivity contribution < 1.29 is 13.2 Å². The zero-order chi connectivity index (χ0) is 12.5. The van der Waals surface area contributed by atoms with Gasteiger partial charge in [0, 0.05) is 18.8 Å². The van der Waals surface area contributed by atoms with Gasteiger partial charge in [-0.05, 0) is 30.9 Å². The smallest absolute Gasteiger partial charge is 0.370 e. The van der Waals surface area contributed by atoms with Crippen molar-refractivity contribution in [3.05, 3.63) is 23.9 Å². The zero-order valence-corrected chi connectivity index (χ0v) is 9.17. The Bertz CT molecular complexity index is 386. The minimum atomic E-state index is -4.32. The first-order valence-electron chi connectivity index (χ1n) is 5.48. The molecule has 94 valence electrons. The van der Waals surface area contributed by atoms with Crippen molar-refractivity contribution in [3.63, 3.8) is 0 Å². The molecule has 1 aromatic rings. The highest BCUT2D eigenvalue weighted by Crippen LogP contribution is 2.30. The molecular formula is C11H14F3N3. The minimum absolute atomic E-state index is 0.247. The molecule has 1 aromatic heterocycles. The first kappa shape index (κ1) is 12.2. The van der Waals surface area contributed by atoms with Crippen molar-refractivity contribution in [3.8, 4) is 0 Å². The van der Waals surface area contributed by atoms with E-state index in [0.29, 0.717) is 12.5 Å². The Balaban J connectivity index is 1.92. The molecule has 3 nitrogen and oxygen atoms in total. The van der Waals surface area contributed by atoms with E-state index < -0.39 is 11.7 Å². The molecule has 0 saturated heterocycles. The molecule has 0 spiro atoms. The van der Waals surface area contributed by atoms with Gasteiger partial charge in [-0.15, -0.1) is 0 Å². The quantitative estimate of drug-likeness (QED) is 0.858. The summed E-state index contributed by atoms with van der Waals surface area (Å²) >= 11 is 0. The van der Waals surface area contributed by atoms with E-state index in [1.54, 1.807) is 0 Å². The maximum Gasteiger partial charge on any atom is 0.416 e. The van der Waals surface area contributed by atoms with Crippen molar-refractivity contribution in [1.82, 2.24) is 4.98 Å². The van der Waals surface area contributed by atoms with Gasteiger partial charge in [-0.25, -0.2) is 4.98 Å². The van der Waals surface area contributed by atoms with Crippen molar-refractivity contribution in [2.75, 3.05) is 11.9 Å². The number of nitrogens with one attached hydrogen (secondary N) is 1. The number of alkyl halides is 3. The predicted octanol–water partition coefficient (Wildman–Crippen LogP) is 2.25. The van der Waals surface area contributed by atoms with Crippen LogP contribution in [0.1, 0.15) is 18.4 Å². The molecule has 0 amide bonds. The molecule has 6 heteroatoms. The summed E-state index contributed by atoms with van der Waals surface area (Å²) in [6.45, 7) is 0.627. The van der Waals surface area contributed by atoms with E-state index in [1.165, 1.54) is 0 Å². The summed E-state index contributed by atoms with van der Waals surface area (Å²) in [7, 11) is 0. The van der Waals surface area contributed by atoms with E-state index in [4.69, 9.17) is 5.73 Å². The Morgan fingerprint density at radius 3 is 2.71 bits per heavy atom. The van der Waals surface area contributed by atoms with Gasteiger partial charge in [0.1, 0.15) is 5.82 Å². The van der Waals surface area contributed by atoms with E-state index in [9.17, 15) is 13.2 Å². The molecule has 0 aliphatic heterocycles. The van der Waals surface area contributed by atoms with Crippen LogP contribution in [0.25, 0.3) is 0 Å². The predicted molar refractivity (Wildman–Crippen MR) is 58.4 cm³/mol. The zero-order valence-electron chi connectivity index (χ0n) is 9.17. The highest BCUT2D eigenvalue weighted by atomic mass is 19.4. The number of aromatic nitrogens is 1. The van der Waals surface area contributed by atoms with Crippen LogP contribution in [0.3, 0.4) is 0 Å². The number of anilines is 1. The van der Waals surface area contributed by atoms with E-state index in [0.717, 1.165) is 31.2 Å². The van der Waals surface area contributed by atoms with E-state index in [1.807, 2.05) is 0 Å². The van der Waals surface area contributed by atoms with Crippen LogP contribution in [0.4, 0.5) is 19.0 Å². The standard InChI is InChI=1S/C11H14F3N3/c12-11(13,14)8-1-2-16-10(5-8)17-6-7-3-9(15)4-7/h1-2,5,7,9H,3-4,6,15H2,(H,16,17). The maximum absolute atomic E-state index is 12.4. The molecule has 1 heterocycles. The summed E-state index contributed by atoms with van der Waals surface area (Å²) in [5.41, 5.74) is 4.95. The highest BCUT2D eigenvalue weighted by Gasteiger charge is 2.31. The largest absolute Gasteiger partial charge is 0.416 e. The van der Waals surface area contributed by atoms with E-state index in [2.05, 4.69) is 10.3 Å². The molecule has 1 fully saturated rings. The molecule has 0 atom stereocenters. The maximum atomic E-state index is 12.4. The molecule has 3 N–H and O–H groups in total. The van der Waals surface area contributed by atoms with Crippen molar-refractivity contribution in [1.29, 1.82) is 0 Å². The topological polar surface area (TPSA) is 50.9 Å². The third-order valence-electron chi connectivity index (χ3n) is 2.93. The lowest BCUT2D eigenvalue weighted by Crippen LogP contribution is -2.39. The first-order chi connectivity index (χ1) is 7.95. The molecule has 1 saturated carbocycles. The lowest BCUT2D eigenvalue weighted by Gasteiger charge is -2.32. The van der Waals surface area contributed by atoms with Crippen LogP contribution in [0, 0.1) is 5.92 Å². The Labute approximate surface area is 97.2 Å². The van der Waals surface area contributed by atoms with Crippen molar-refractivity contribution in [2.24, 2.45) is 11.7 Å². The van der Waals surface area contributed by atoms with Crippen LogP contribution in [0.15, 0.2) is 18.3 Å². The Kier molecular flexibility index (Phi) is 3.24. The van der Waals surface area contributed by atoms with Crippen LogP contribution in [-0.2, 0) is 6.18 Å². The number of nitrogens with two attached hydrogens (primary N) is 1. The summed E-state index contributed by atoms with van der Waals surface area (Å²) in [4.78, 5) is 3.86. The van der Waals surface area contributed by atoms with E-state index >= 15 is 0 Å². The fourth-order valence-electron chi connectivity index (χ4n) is 1.91. The van der Waals surface area contributed by atoms with Gasteiger partial charge in [-0.3, -0.25) is 0 Å². The fraction of sp³-hybridized carbons (Fsp3) is 0.545. The van der Waals surface area contributed by atoms with Gasteiger partial charge in [-0.1, -0.05) is 0 Å². The minimum Gasteiger partial charge on any atom is -0.370 e. The molecule has 17 heavy (non-hydrogen) atoms. The SMILES string of the molecule is NC1CC(CNc2cc(C(F)(F)F)ccn2)C1. The summed E-state index contributed by atoms with van der Waals surface area (Å²) < 4.78 is 37.3. The van der Waals surface area contributed by atoms with Gasteiger partial charge in [0.05, 0.1) is 5.56 Å². The molecule has 0 aromatic carbocycles. The second kappa shape index (κ2) is 4.52. The van der Waals surface area contributed by atoms with Gasteiger partial charge >= 0.3 is 6.18 Å². The third-order valence-corrected chi connectivity index (χ3v) is 2.93. The monoisotopic (exact) mass is 245 g/mol. The third kappa shape index (κ3) is 3.09. The van der Waals surface area contributed by atoms with Gasteiger partial charge in [-0.2, -0.15) is 13.2 Å². The molecule has 0 bridgehead atoms. The Hall–Kier alpha value is -1.30. The van der Waals surface area contributed by atoms with Crippen LogP contribution >= 0.6 is 0 Å². The Morgan fingerprint density at radius 1 is 1.41 bits per heavy atom. The average molecular weight is 245 g/mol. The molecule has 1 aliphatic carbocycles. The molecular weight excluding hydrogens is 231 g/mol. The number of rotatable bonds is 3. The number of hydrogen-bond donors (Lipinski definition) is 2. The lowest BCUT2D eigenvalue weighted by atomic mass is 9.81. The second-order valence-electron chi connectivity index (χ2n) is 4.41. The normalized spacial score (nSPS) is 24.2. The van der Waals surface area contributed by atoms with Crippen LogP contribution in [0.2, 0.25) is 0 Å². The summed E-state index contributed by atoms with van der Waals surface area (Å²) in [5, 5.41) is 2.91. The van der Waals surface area contributed by atoms with Crippen LogP contribution in [-0.4, -0.2) is 17.6 Å². The number of hydrogen-bond acceptors (Lipinski definition) is 3. The highest BCUT2D eigenvalue weighted by molar-refractivity contribution is 5.38. The number of pyridine rings is 1. The first-order valence-corrected chi connectivity index (χ1v) is 5.48. The van der Waals surface area contributed by atoms with Gasteiger partial charge in [0.25, 0.3) is 0 Å². The molecule has 2 rings (SSSR count). The van der Waals surface area contributed by atoms with Crippen molar-refractivity contribution in [2.45, 2.75) is 25.1 Å². The summed E-state index contributed by atoms with van der Waals surface area (Å²) in [6.07, 6.45) is -1.31. The molecule has 1 aliphatic rings. The van der Waals surface area contributed by atoms with Crippen molar-refractivity contribution >= 4 is 5.82 Å². The lowest BCUT2D eigenvalue weighted by molar-refractivity contribution is -0.137. The molecule has 0 unspecified atom stereocenters. The Morgan fingerprint density at radius 2 is 2.12 bits per heavy atom. The van der Waals surface area contributed by atoms with Gasteiger partial charge in [0.15, 0.2) is 0 Å². The second-order valence-corrected chi connectivity index (χ2v) is 4.41. The molecule has 0 radical (unpaired) electrons. The fourth-order valence-corrected chi connectivity index (χ4v) is 1.91. The van der Waals surface area contributed by atoms with Crippen LogP contribution in [0.5, 0.6) is 0 Å².